The second-order valence-electron chi connectivity index (χ2n) is 4.03. The topological polar surface area (TPSA) is 30.9 Å². The number of fused-ring (bicyclic) bond motifs is 1. The van der Waals surface area contributed by atoms with Crippen LogP contribution in [0.3, 0.4) is 0 Å². The first kappa shape index (κ1) is 9.71. The van der Waals surface area contributed by atoms with E-state index in [0.717, 1.165) is 25.0 Å². The fourth-order valence-electron chi connectivity index (χ4n) is 2.40. The molecular weight excluding hydrogens is 179 g/mol. The van der Waals surface area contributed by atoms with Gasteiger partial charge in [0, 0.05) is 17.4 Å². The Morgan fingerprint density at radius 1 is 1.64 bits per heavy atom. The highest BCUT2D eigenvalue weighted by molar-refractivity contribution is 5.32. The van der Waals surface area contributed by atoms with Crippen LogP contribution in [0.2, 0.25) is 0 Å². The molecule has 2 nitrogen and oxygen atoms in total. The molecule has 0 aliphatic heterocycles. The molecule has 0 spiro atoms. The zero-order valence-electron chi connectivity index (χ0n) is 8.59. The van der Waals surface area contributed by atoms with E-state index in [1.165, 1.54) is 11.3 Å². The zero-order chi connectivity index (χ0) is 10.1. The highest BCUT2D eigenvalue weighted by Crippen LogP contribution is 2.30. The molecule has 0 amide bonds. The fraction of sp³-hybridized carbons (Fsp3) is 0.636. The smallest absolute Gasteiger partial charge is 0.107 e. The van der Waals surface area contributed by atoms with Crippen LogP contribution in [0, 0.1) is 6.92 Å². The summed E-state index contributed by atoms with van der Waals surface area (Å²) >= 11 is 0. The van der Waals surface area contributed by atoms with Gasteiger partial charge < -0.3 is 10.3 Å². The van der Waals surface area contributed by atoms with Crippen molar-refractivity contribution in [1.82, 2.24) is 4.57 Å². The lowest BCUT2D eigenvalue weighted by Gasteiger charge is -2.20. The van der Waals surface area contributed by atoms with Crippen molar-refractivity contribution in [3.8, 4) is 0 Å². The number of nitrogens with zero attached hydrogens (tertiary/aromatic N) is 1. The molecule has 0 saturated carbocycles. The molecule has 1 aromatic rings. The first-order chi connectivity index (χ1) is 6.74. The average molecular weight is 196 g/mol. The summed E-state index contributed by atoms with van der Waals surface area (Å²) in [4.78, 5) is 0. The average Bonchev–Trinajstić information content (AvgIpc) is 2.47. The van der Waals surface area contributed by atoms with Crippen LogP contribution in [0.4, 0.5) is 4.39 Å². The van der Waals surface area contributed by atoms with Crippen molar-refractivity contribution in [1.29, 1.82) is 0 Å². The van der Waals surface area contributed by atoms with E-state index in [-0.39, 0.29) is 12.7 Å². The van der Waals surface area contributed by atoms with Crippen LogP contribution >= 0.6 is 0 Å². The minimum atomic E-state index is -0.294. The minimum Gasteiger partial charge on any atom is -0.346 e. The second-order valence-corrected chi connectivity index (χ2v) is 4.03. The summed E-state index contributed by atoms with van der Waals surface area (Å²) in [5, 5.41) is 0. The third-order valence-corrected chi connectivity index (χ3v) is 3.09. The predicted molar refractivity (Wildman–Crippen MR) is 55.0 cm³/mol. The highest BCUT2D eigenvalue weighted by Gasteiger charge is 2.21. The maximum atomic E-state index is 12.4. The van der Waals surface area contributed by atoms with Crippen molar-refractivity contribution in [3.63, 3.8) is 0 Å². The molecule has 0 saturated heterocycles. The van der Waals surface area contributed by atoms with E-state index in [1.54, 1.807) is 0 Å². The zero-order valence-corrected chi connectivity index (χ0v) is 8.59. The highest BCUT2D eigenvalue weighted by atomic mass is 19.1. The summed E-state index contributed by atoms with van der Waals surface area (Å²) in [5.41, 5.74) is 9.66. The van der Waals surface area contributed by atoms with Gasteiger partial charge in [-0.15, -0.1) is 0 Å². The number of halogens is 1. The molecule has 2 rings (SSSR count). The lowest BCUT2D eigenvalue weighted by molar-refractivity contribution is 0.431. The Labute approximate surface area is 83.9 Å². The number of alkyl halides is 1. The van der Waals surface area contributed by atoms with E-state index in [0.29, 0.717) is 6.54 Å². The number of rotatable bonds is 2. The maximum Gasteiger partial charge on any atom is 0.107 e. The number of aryl methyl sites for hydroxylation is 1. The molecule has 1 atom stereocenters. The Morgan fingerprint density at radius 3 is 3.14 bits per heavy atom. The Kier molecular flexibility index (Phi) is 2.59. The Hall–Kier alpha value is -0.830. The van der Waals surface area contributed by atoms with Gasteiger partial charge in [-0.3, -0.25) is 0 Å². The summed E-state index contributed by atoms with van der Waals surface area (Å²) in [6.45, 7) is 2.21. The molecule has 3 heteroatoms. The number of hydrogen-bond donors (Lipinski definition) is 1. The van der Waals surface area contributed by atoms with Crippen LogP contribution in [-0.4, -0.2) is 11.2 Å². The summed E-state index contributed by atoms with van der Waals surface area (Å²) in [6, 6.07) is 2.28. The molecule has 2 N–H and O–H groups in total. The van der Waals surface area contributed by atoms with E-state index >= 15 is 0 Å². The minimum absolute atomic E-state index is 0.165. The van der Waals surface area contributed by atoms with Crippen molar-refractivity contribution < 1.29 is 4.39 Å². The fourth-order valence-corrected chi connectivity index (χ4v) is 2.40. The predicted octanol–water partition coefficient (Wildman–Crippen LogP) is 2.10. The Bertz CT molecular complexity index is 330. The van der Waals surface area contributed by atoms with Crippen LogP contribution < -0.4 is 5.73 Å². The summed E-state index contributed by atoms with van der Waals surface area (Å²) in [5.74, 6) is 0. The van der Waals surface area contributed by atoms with Crippen LogP contribution in [-0.2, 0) is 13.0 Å². The standard InChI is InChI=1S/C11H17FN2/c1-8-7-9-10(13)3-2-4-11(9)14(8)6-5-12/h7,10H,2-6,13H2,1H3. The molecule has 1 aliphatic carbocycles. The molecule has 1 heterocycles. The molecular formula is C11H17FN2. The van der Waals surface area contributed by atoms with Gasteiger partial charge in [0.05, 0.1) is 6.54 Å². The molecule has 0 fully saturated rings. The SMILES string of the molecule is Cc1cc2c(n1CCF)CCCC2N. The van der Waals surface area contributed by atoms with Crippen LogP contribution in [0.25, 0.3) is 0 Å². The van der Waals surface area contributed by atoms with E-state index in [1.807, 2.05) is 6.92 Å². The lowest BCUT2D eigenvalue weighted by Crippen LogP contribution is -2.18. The second kappa shape index (κ2) is 3.73. The van der Waals surface area contributed by atoms with E-state index < -0.39 is 0 Å². The summed E-state index contributed by atoms with van der Waals surface area (Å²) in [6.07, 6.45) is 3.24. The first-order valence-corrected chi connectivity index (χ1v) is 5.24. The summed E-state index contributed by atoms with van der Waals surface area (Å²) in [7, 11) is 0. The van der Waals surface area contributed by atoms with Crippen molar-refractivity contribution in [2.75, 3.05) is 6.67 Å². The van der Waals surface area contributed by atoms with Crippen LogP contribution in [0.1, 0.15) is 35.8 Å². The lowest BCUT2D eigenvalue weighted by atomic mass is 9.93. The van der Waals surface area contributed by atoms with Gasteiger partial charge in [0.2, 0.25) is 0 Å². The van der Waals surface area contributed by atoms with Crippen molar-refractivity contribution >= 4 is 0 Å². The Morgan fingerprint density at radius 2 is 2.43 bits per heavy atom. The largest absolute Gasteiger partial charge is 0.346 e. The van der Waals surface area contributed by atoms with Gasteiger partial charge in [0.1, 0.15) is 6.67 Å². The Balaban J connectivity index is 2.41. The third-order valence-electron chi connectivity index (χ3n) is 3.09. The van der Waals surface area contributed by atoms with Gasteiger partial charge in [-0.05, 0) is 37.8 Å². The third kappa shape index (κ3) is 1.46. The van der Waals surface area contributed by atoms with E-state index in [2.05, 4.69) is 10.6 Å². The van der Waals surface area contributed by atoms with Gasteiger partial charge >= 0.3 is 0 Å². The molecule has 1 unspecified atom stereocenters. The van der Waals surface area contributed by atoms with E-state index in [4.69, 9.17) is 5.73 Å². The number of hydrogen-bond acceptors (Lipinski definition) is 1. The molecule has 14 heavy (non-hydrogen) atoms. The van der Waals surface area contributed by atoms with Gasteiger partial charge in [0.25, 0.3) is 0 Å². The normalized spacial score (nSPS) is 20.9. The van der Waals surface area contributed by atoms with Gasteiger partial charge in [-0.2, -0.15) is 0 Å². The van der Waals surface area contributed by atoms with Crippen molar-refractivity contribution in [2.45, 2.75) is 38.8 Å². The van der Waals surface area contributed by atoms with E-state index in [9.17, 15) is 4.39 Å². The van der Waals surface area contributed by atoms with Crippen molar-refractivity contribution in [3.05, 3.63) is 23.0 Å². The maximum absolute atomic E-state index is 12.4. The monoisotopic (exact) mass is 196 g/mol. The molecule has 1 aromatic heterocycles. The molecule has 0 radical (unpaired) electrons. The van der Waals surface area contributed by atoms with Gasteiger partial charge in [-0.25, -0.2) is 4.39 Å². The van der Waals surface area contributed by atoms with Crippen LogP contribution in [0.15, 0.2) is 6.07 Å². The molecule has 0 aromatic carbocycles. The van der Waals surface area contributed by atoms with Crippen molar-refractivity contribution in [2.24, 2.45) is 5.73 Å². The molecule has 1 aliphatic rings. The quantitative estimate of drug-likeness (QED) is 0.771. The molecule has 78 valence electrons. The summed E-state index contributed by atoms with van der Waals surface area (Å²) < 4.78 is 14.4. The number of aromatic nitrogens is 1. The van der Waals surface area contributed by atoms with Gasteiger partial charge in [0.15, 0.2) is 0 Å². The first-order valence-electron chi connectivity index (χ1n) is 5.24. The van der Waals surface area contributed by atoms with Gasteiger partial charge in [-0.1, -0.05) is 0 Å². The van der Waals surface area contributed by atoms with Crippen LogP contribution in [0.5, 0.6) is 0 Å². The molecule has 0 bridgehead atoms. The number of nitrogens with two attached hydrogens (primary N) is 1.